The summed E-state index contributed by atoms with van der Waals surface area (Å²) >= 11 is 0. The van der Waals surface area contributed by atoms with Gasteiger partial charge in [0.1, 0.15) is 11.9 Å². The third-order valence-corrected chi connectivity index (χ3v) is 3.39. The summed E-state index contributed by atoms with van der Waals surface area (Å²) in [6.45, 7) is 1.67. The van der Waals surface area contributed by atoms with Gasteiger partial charge in [-0.15, -0.1) is 0 Å². The molecule has 1 heterocycles. The Morgan fingerprint density at radius 3 is 3.00 bits per heavy atom. The number of nitriles is 1. The van der Waals surface area contributed by atoms with Gasteiger partial charge in [0, 0.05) is 25.9 Å². The Bertz CT molecular complexity index is 482. The second kappa shape index (κ2) is 6.50. The molecule has 0 radical (unpaired) electrons. The molecule has 1 aliphatic carbocycles. The Balaban J connectivity index is 2.32. The highest BCUT2D eigenvalue weighted by Gasteiger charge is 2.19. The number of rotatable bonds is 6. The van der Waals surface area contributed by atoms with Crippen molar-refractivity contribution in [2.24, 2.45) is 0 Å². The number of fused-ring (bicyclic) bond motifs is 1. The fraction of sp³-hybridized carbons (Fsp3) is 0.571. The average Bonchev–Trinajstić information content (AvgIpc) is 2.89. The van der Waals surface area contributed by atoms with Gasteiger partial charge in [0.05, 0.1) is 18.8 Å². The topological polar surface area (TPSA) is 69.4 Å². The molecule has 0 fully saturated rings. The molecule has 1 aliphatic rings. The van der Waals surface area contributed by atoms with E-state index in [4.69, 9.17) is 9.84 Å². The van der Waals surface area contributed by atoms with Gasteiger partial charge >= 0.3 is 0 Å². The number of aliphatic hydroxyl groups is 1. The molecule has 1 N–H and O–H groups in total. The minimum Gasteiger partial charge on any atom is -0.395 e. The molecule has 19 heavy (non-hydrogen) atoms. The highest BCUT2D eigenvalue weighted by Crippen LogP contribution is 2.26. The maximum absolute atomic E-state index is 9.28. The van der Waals surface area contributed by atoms with E-state index in [0.717, 1.165) is 25.0 Å². The van der Waals surface area contributed by atoms with E-state index in [1.807, 2.05) is 11.0 Å². The molecule has 0 saturated heterocycles. The molecule has 0 spiro atoms. The van der Waals surface area contributed by atoms with Crippen molar-refractivity contribution >= 4 is 5.82 Å². The molecule has 0 bridgehead atoms. The summed E-state index contributed by atoms with van der Waals surface area (Å²) in [5.41, 5.74) is 2.87. The average molecular weight is 261 g/mol. The van der Waals surface area contributed by atoms with Crippen LogP contribution < -0.4 is 4.90 Å². The summed E-state index contributed by atoms with van der Waals surface area (Å²) in [5, 5.41) is 18.4. The van der Waals surface area contributed by atoms with E-state index in [9.17, 15) is 5.26 Å². The van der Waals surface area contributed by atoms with Crippen molar-refractivity contribution in [2.75, 3.05) is 38.3 Å². The summed E-state index contributed by atoms with van der Waals surface area (Å²) in [6.07, 6.45) is 3.09. The lowest BCUT2D eigenvalue weighted by Gasteiger charge is -2.24. The predicted octanol–water partition coefficient (Wildman–Crippen LogP) is 0.887. The Labute approximate surface area is 113 Å². The number of anilines is 1. The molecule has 0 atom stereocenters. The largest absolute Gasteiger partial charge is 0.395 e. The lowest BCUT2D eigenvalue weighted by Crippen LogP contribution is -2.31. The van der Waals surface area contributed by atoms with E-state index in [1.165, 1.54) is 5.56 Å². The van der Waals surface area contributed by atoms with Crippen LogP contribution in [0, 0.1) is 11.3 Å². The first-order valence-electron chi connectivity index (χ1n) is 6.57. The second-order valence-corrected chi connectivity index (χ2v) is 4.63. The number of ether oxygens (including phenoxy) is 1. The van der Waals surface area contributed by atoms with E-state index in [0.29, 0.717) is 31.1 Å². The molecule has 1 aromatic heterocycles. The van der Waals surface area contributed by atoms with Crippen LogP contribution in [0.4, 0.5) is 5.82 Å². The van der Waals surface area contributed by atoms with Crippen LogP contribution in [0.2, 0.25) is 0 Å². The molecular formula is C14H19N3O2. The summed E-state index contributed by atoms with van der Waals surface area (Å²) in [6, 6.07) is 4.16. The van der Waals surface area contributed by atoms with E-state index >= 15 is 0 Å². The lowest BCUT2D eigenvalue weighted by atomic mass is 10.1. The first-order valence-corrected chi connectivity index (χ1v) is 6.57. The third kappa shape index (κ3) is 3.03. The highest BCUT2D eigenvalue weighted by atomic mass is 16.5. The fourth-order valence-electron chi connectivity index (χ4n) is 2.43. The summed E-state index contributed by atoms with van der Waals surface area (Å²) in [4.78, 5) is 6.55. The molecule has 5 heteroatoms. The molecular weight excluding hydrogens is 242 g/mol. The first-order chi connectivity index (χ1) is 9.30. The smallest absolute Gasteiger partial charge is 0.146 e. The van der Waals surface area contributed by atoms with Crippen molar-refractivity contribution in [2.45, 2.75) is 19.3 Å². The van der Waals surface area contributed by atoms with Crippen LogP contribution >= 0.6 is 0 Å². The number of aromatic nitrogens is 1. The molecule has 0 aliphatic heterocycles. The van der Waals surface area contributed by atoms with Gasteiger partial charge in [-0.1, -0.05) is 0 Å². The van der Waals surface area contributed by atoms with Crippen molar-refractivity contribution in [1.82, 2.24) is 4.98 Å². The van der Waals surface area contributed by atoms with Gasteiger partial charge in [-0.25, -0.2) is 4.98 Å². The Kier molecular flexibility index (Phi) is 4.72. The normalized spacial score (nSPS) is 13.1. The van der Waals surface area contributed by atoms with Crippen LogP contribution in [0.15, 0.2) is 6.07 Å². The standard InChI is InChI=1S/C14H19N3O2/c1-19-8-6-17(5-7-18)14-12(10-15)9-11-3-2-4-13(11)16-14/h9,18H,2-8H2,1H3. The first kappa shape index (κ1) is 13.8. The maximum atomic E-state index is 9.28. The molecule has 0 unspecified atom stereocenters. The number of aryl methyl sites for hydroxylation is 2. The van der Waals surface area contributed by atoms with Crippen molar-refractivity contribution in [1.29, 1.82) is 5.26 Å². The Morgan fingerprint density at radius 2 is 2.32 bits per heavy atom. The molecule has 0 amide bonds. The zero-order valence-electron chi connectivity index (χ0n) is 11.2. The van der Waals surface area contributed by atoms with Gasteiger partial charge in [0.25, 0.3) is 0 Å². The minimum absolute atomic E-state index is 0.0351. The Morgan fingerprint density at radius 1 is 1.47 bits per heavy atom. The molecule has 0 aromatic carbocycles. The zero-order chi connectivity index (χ0) is 13.7. The molecule has 5 nitrogen and oxygen atoms in total. The van der Waals surface area contributed by atoms with Crippen LogP contribution in [0.1, 0.15) is 23.2 Å². The van der Waals surface area contributed by atoms with E-state index in [-0.39, 0.29) is 6.61 Å². The number of nitrogens with zero attached hydrogens (tertiary/aromatic N) is 3. The van der Waals surface area contributed by atoms with Gasteiger partial charge in [0.15, 0.2) is 0 Å². The van der Waals surface area contributed by atoms with Crippen molar-refractivity contribution in [3.63, 3.8) is 0 Å². The highest BCUT2D eigenvalue weighted by molar-refractivity contribution is 5.56. The van der Waals surface area contributed by atoms with Crippen molar-refractivity contribution < 1.29 is 9.84 Å². The van der Waals surface area contributed by atoms with E-state index in [2.05, 4.69) is 11.1 Å². The van der Waals surface area contributed by atoms with Crippen LogP contribution in [0.25, 0.3) is 0 Å². The molecule has 0 saturated carbocycles. The second-order valence-electron chi connectivity index (χ2n) is 4.63. The molecule has 2 rings (SSSR count). The van der Waals surface area contributed by atoms with Crippen LogP contribution in [0.3, 0.4) is 0 Å². The SMILES string of the molecule is COCCN(CCO)c1nc2c(cc1C#N)CCC2. The maximum Gasteiger partial charge on any atom is 0.146 e. The number of pyridine rings is 1. The number of aliphatic hydroxyl groups excluding tert-OH is 1. The summed E-state index contributed by atoms with van der Waals surface area (Å²) in [5.74, 6) is 0.675. The number of methoxy groups -OCH3 is 1. The lowest BCUT2D eigenvalue weighted by molar-refractivity contribution is 0.202. The summed E-state index contributed by atoms with van der Waals surface area (Å²) < 4.78 is 5.07. The monoisotopic (exact) mass is 261 g/mol. The van der Waals surface area contributed by atoms with Gasteiger partial charge in [-0.05, 0) is 30.9 Å². The number of hydrogen-bond donors (Lipinski definition) is 1. The minimum atomic E-state index is 0.0351. The summed E-state index contributed by atoms with van der Waals surface area (Å²) in [7, 11) is 1.64. The van der Waals surface area contributed by atoms with Gasteiger partial charge in [-0.3, -0.25) is 0 Å². The van der Waals surface area contributed by atoms with Gasteiger partial charge in [0.2, 0.25) is 0 Å². The zero-order valence-corrected chi connectivity index (χ0v) is 11.2. The van der Waals surface area contributed by atoms with Crippen LogP contribution in [-0.4, -0.2) is 43.5 Å². The molecule has 1 aromatic rings. The quantitative estimate of drug-likeness (QED) is 0.823. The van der Waals surface area contributed by atoms with Crippen LogP contribution in [-0.2, 0) is 17.6 Å². The third-order valence-electron chi connectivity index (χ3n) is 3.39. The van der Waals surface area contributed by atoms with Gasteiger partial charge < -0.3 is 14.7 Å². The molecule has 102 valence electrons. The predicted molar refractivity (Wildman–Crippen MR) is 72.2 cm³/mol. The van der Waals surface area contributed by atoms with Gasteiger partial charge in [-0.2, -0.15) is 5.26 Å². The van der Waals surface area contributed by atoms with E-state index in [1.54, 1.807) is 7.11 Å². The Hall–Kier alpha value is -1.64. The van der Waals surface area contributed by atoms with Crippen molar-refractivity contribution in [3.05, 3.63) is 22.9 Å². The number of hydrogen-bond acceptors (Lipinski definition) is 5. The van der Waals surface area contributed by atoms with E-state index < -0.39 is 0 Å². The van der Waals surface area contributed by atoms with Crippen LogP contribution in [0.5, 0.6) is 0 Å². The fourth-order valence-corrected chi connectivity index (χ4v) is 2.43. The van der Waals surface area contributed by atoms with Crippen molar-refractivity contribution in [3.8, 4) is 6.07 Å².